The number of hydrogen-bond acceptors (Lipinski definition) is 6. The Morgan fingerprint density at radius 2 is 0.600 bits per heavy atom. The molecular formula is C6CrK2N6. The minimum atomic E-state index is -6.43. The van der Waals surface area contributed by atoms with E-state index < -0.39 is 10.9 Å². The second kappa shape index (κ2) is 5.89. The van der Waals surface area contributed by atoms with Crippen LogP contribution in [0.15, 0.2) is 0 Å². The van der Waals surface area contributed by atoms with Gasteiger partial charge in [0.2, 0.25) is 0 Å². The van der Waals surface area contributed by atoms with Crippen molar-refractivity contribution in [2.45, 2.75) is 0 Å². The number of nitrogens with zero attached hydrogens (tertiary/aromatic N) is 6. The fourth-order valence-corrected chi connectivity index (χ4v) is 1.26. The third-order valence-electron chi connectivity index (χ3n) is 1.37. The monoisotopic (exact) mass is 286 g/mol. The first-order valence-corrected chi connectivity index (χ1v) is 6.39. The summed E-state index contributed by atoms with van der Waals surface area (Å²) in [6, 6.07) is 0. The third kappa shape index (κ3) is 2.53. The van der Waals surface area contributed by atoms with Crippen LogP contribution in [0.1, 0.15) is 0 Å². The molecule has 0 aliphatic carbocycles. The molecule has 62 valence electrons. The van der Waals surface area contributed by atoms with Crippen molar-refractivity contribution in [3.05, 3.63) is 0 Å². The molecule has 9 heteroatoms. The van der Waals surface area contributed by atoms with Crippen LogP contribution in [-0.2, 0) is 10.9 Å². The molecule has 0 aromatic carbocycles. The van der Waals surface area contributed by atoms with Crippen molar-refractivity contribution >= 4 is 0 Å². The molecule has 0 rings (SSSR count). The summed E-state index contributed by atoms with van der Waals surface area (Å²) in [5.74, 6) is 0. The van der Waals surface area contributed by atoms with Gasteiger partial charge in [-0.05, 0) is 0 Å². The van der Waals surface area contributed by atoms with Crippen LogP contribution in [0.5, 0.6) is 0 Å². The smallest absolute Gasteiger partial charge is 1.00 e. The van der Waals surface area contributed by atoms with Gasteiger partial charge in [-0.15, -0.1) is 0 Å². The first-order valence-electron chi connectivity index (χ1n) is 2.57. The van der Waals surface area contributed by atoms with E-state index in [1.165, 1.54) is 0 Å². The standard InChI is InChI=1S/6CN.Cr.2K/c6*1-2;;;/q;;;;;;-2;2*+1. The average molecular weight is 286 g/mol. The number of hydrogen-bond donors (Lipinski definition) is 0. The van der Waals surface area contributed by atoms with Gasteiger partial charge in [0.15, 0.2) is 0 Å². The molecule has 0 spiro atoms. The van der Waals surface area contributed by atoms with Crippen LogP contribution in [0.4, 0.5) is 0 Å². The summed E-state index contributed by atoms with van der Waals surface area (Å²) >= 11 is 0. The summed E-state index contributed by atoms with van der Waals surface area (Å²) in [6.07, 6.45) is 0. The van der Waals surface area contributed by atoms with Crippen molar-refractivity contribution in [1.29, 1.82) is 31.6 Å². The van der Waals surface area contributed by atoms with Crippen LogP contribution < -0.4 is 103 Å². The maximum atomic E-state index is 8.59. The SMILES string of the molecule is N#[C][Cr-2]([C]#N)([C]#N)([C]#N)([C]#N)[C]#N.[K+].[K+]. The largest absolute Gasteiger partial charge is 1.00 e. The molecule has 0 aliphatic heterocycles. The maximum absolute atomic E-state index is 8.59. The summed E-state index contributed by atoms with van der Waals surface area (Å²) in [5.41, 5.74) is 0. The predicted octanol–water partition coefficient (Wildman–Crippen LogP) is -5.89. The van der Waals surface area contributed by atoms with Crippen LogP contribution >= 0.6 is 0 Å². The Labute approximate surface area is 170 Å². The molecular weight excluding hydrogens is 286 g/mol. The van der Waals surface area contributed by atoms with Gasteiger partial charge in [-0.25, -0.2) is 0 Å². The van der Waals surface area contributed by atoms with E-state index in [2.05, 4.69) is 0 Å². The third-order valence-corrected chi connectivity index (χ3v) is 5.65. The summed E-state index contributed by atoms with van der Waals surface area (Å²) in [7, 11) is -6.43. The molecule has 0 aromatic rings. The van der Waals surface area contributed by atoms with Crippen molar-refractivity contribution < 1.29 is 114 Å². The second-order valence-electron chi connectivity index (χ2n) is 2.08. The normalized spacial score (nSPS) is 11.6. The van der Waals surface area contributed by atoms with Crippen molar-refractivity contribution in [2.75, 3.05) is 0 Å². The van der Waals surface area contributed by atoms with Gasteiger partial charge < -0.3 is 0 Å². The molecule has 0 saturated carbocycles. The van der Waals surface area contributed by atoms with Crippen LogP contribution in [0.25, 0.3) is 0 Å². The first-order chi connectivity index (χ1) is 5.97. The quantitative estimate of drug-likeness (QED) is 0.406. The molecule has 0 fully saturated rings. The van der Waals surface area contributed by atoms with Crippen molar-refractivity contribution in [3.8, 4) is 29.6 Å². The van der Waals surface area contributed by atoms with E-state index in [1.54, 1.807) is 0 Å². The van der Waals surface area contributed by atoms with E-state index in [0.717, 1.165) is 29.6 Å². The van der Waals surface area contributed by atoms with Gasteiger partial charge in [-0.2, -0.15) is 0 Å². The first kappa shape index (κ1) is 21.1. The molecule has 0 aromatic heterocycles. The second-order valence-corrected chi connectivity index (χ2v) is 8.57. The van der Waals surface area contributed by atoms with Gasteiger partial charge in [0.1, 0.15) is 0 Å². The van der Waals surface area contributed by atoms with E-state index in [4.69, 9.17) is 31.6 Å². The minimum Gasteiger partial charge on any atom is 1.00 e. The maximum Gasteiger partial charge on any atom is 1.00 e. The zero-order valence-corrected chi connectivity index (χ0v) is 15.6. The molecule has 0 unspecified atom stereocenters. The van der Waals surface area contributed by atoms with Crippen LogP contribution in [-0.4, -0.2) is 0 Å². The van der Waals surface area contributed by atoms with E-state index in [-0.39, 0.29) is 103 Å². The zero-order valence-electron chi connectivity index (χ0n) is 8.09. The van der Waals surface area contributed by atoms with E-state index >= 15 is 0 Å². The Morgan fingerprint density at radius 3 is 0.600 bits per heavy atom. The fourth-order valence-electron chi connectivity index (χ4n) is 0.306. The van der Waals surface area contributed by atoms with E-state index in [1.807, 2.05) is 0 Å². The number of rotatable bonds is 0. The van der Waals surface area contributed by atoms with Gasteiger partial charge in [-0.1, -0.05) is 0 Å². The van der Waals surface area contributed by atoms with Crippen LogP contribution in [0, 0.1) is 61.2 Å². The Morgan fingerprint density at radius 1 is 0.467 bits per heavy atom. The fraction of sp³-hybridized carbons (Fsp3) is 0. The topological polar surface area (TPSA) is 143 Å². The Balaban J connectivity index is -0.000000720. The summed E-state index contributed by atoms with van der Waals surface area (Å²) in [5, 5.41) is 51.5. The molecule has 0 heterocycles. The van der Waals surface area contributed by atoms with E-state index in [0.29, 0.717) is 0 Å². The minimum absolute atomic E-state index is 0. The zero-order chi connectivity index (χ0) is 10.7. The van der Waals surface area contributed by atoms with E-state index in [9.17, 15) is 0 Å². The summed E-state index contributed by atoms with van der Waals surface area (Å²) in [4.78, 5) is 6.31. The molecule has 0 amide bonds. The number of nitriles is 6. The van der Waals surface area contributed by atoms with Gasteiger partial charge in [0.05, 0.1) is 0 Å². The van der Waals surface area contributed by atoms with Gasteiger partial charge in [0, 0.05) is 0 Å². The molecule has 0 saturated heterocycles. The molecule has 15 heavy (non-hydrogen) atoms. The van der Waals surface area contributed by atoms with Crippen LogP contribution in [0.3, 0.4) is 0 Å². The van der Waals surface area contributed by atoms with Crippen LogP contribution in [0.2, 0.25) is 0 Å². The van der Waals surface area contributed by atoms with Gasteiger partial charge in [0.25, 0.3) is 0 Å². The average Bonchev–Trinajstić information content (AvgIpc) is 2.26. The van der Waals surface area contributed by atoms with Crippen molar-refractivity contribution in [2.24, 2.45) is 0 Å². The summed E-state index contributed by atoms with van der Waals surface area (Å²) < 4.78 is 0. The van der Waals surface area contributed by atoms with Crippen molar-refractivity contribution in [1.82, 2.24) is 0 Å². The molecule has 0 N–H and O–H groups in total. The Bertz CT molecular complexity index is 395. The Kier molecular flexibility index (Phi) is 8.28. The molecule has 0 atom stereocenters. The van der Waals surface area contributed by atoms with Gasteiger partial charge >= 0.3 is 175 Å². The summed E-state index contributed by atoms with van der Waals surface area (Å²) in [6.45, 7) is 0. The molecule has 0 bridgehead atoms. The molecule has 6 nitrogen and oxygen atoms in total. The predicted molar refractivity (Wildman–Crippen MR) is 33.7 cm³/mol. The Hall–Kier alpha value is 0.745. The molecule has 0 aliphatic rings. The van der Waals surface area contributed by atoms with Gasteiger partial charge in [-0.3, -0.25) is 0 Å². The van der Waals surface area contributed by atoms with Crippen molar-refractivity contribution in [3.63, 3.8) is 0 Å². The molecule has 0 radical (unpaired) electrons.